The highest BCUT2D eigenvalue weighted by Gasteiger charge is 2.12. The van der Waals surface area contributed by atoms with Crippen molar-refractivity contribution in [2.45, 2.75) is 20.8 Å². The van der Waals surface area contributed by atoms with E-state index in [1.54, 1.807) is 9.36 Å². The minimum absolute atomic E-state index is 0.135. The summed E-state index contributed by atoms with van der Waals surface area (Å²) in [6.07, 6.45) is 1.53. The van der Waals surface area contributed by atoms with Crippen molar-refractivity contribution in [2.75, 3.05) is 17.2 Å². The highest BCUT2D eigenvalue weighted by Crippen LogP contribution is 2.19. The van der Waals surface area contributed by atoms with Gasteiger partial charge in [0.1, 0.15) is 6.33 Å². The SMILES string of the molecule is Cc1ccc(NCC(=O)Nc2c(C)nn(C)c2C)cc1-n1cnnn1. The molecule has 0 radical (unpaired) electrons. The summed E-state index contributed by atoms with van der Waals surface area (Å²) in [7, 11) is 1.85. The van der Waals surface area contributed by atoms with Crippen molar-refractivity contribution < 1.29 is 4.79 Å². The van der Waals surface area contributed by atoms with E-state index >= 15 is 0 Å². The molecule has 0 saturated carbocycles. The van der Waals surface area contributed by atoms with Crippen LogP contribution in [-0.2, 0) is 11.8 Å². The molecule has 2 heterocycles. The van der Waals surface area contributed by atoms with Gasteiger partial charge in [-0.1, -0.05) is 6.07 Å². The third-order valence-electron chi connectivity index (χ3n) is 4.03. The number of benzene rings is 1. The van der Waals surface area contributed by atoms with Gasteiger partial charge in [-0.15, -0.1) is 5.10 Å². The summed E-state index contributed by atoms with van der Waals surface area (Å²) in [4.78, 5) is 12.2. The van der Waals surface area contributed by atoms with Crippen LogP contribution in [0, 0.1) is 20.8 Å². The number of aromatic nitrogens is 6. The molecule has 0 aliphatic rings. The molecule has 0 saturated heterocycles. The molecule has 3 aromatic rings. The lowest BCUT2D eigenvalue weighted by atomic mass is 10.2. The molecule has 0 aliphatic heterocycles. The van der Waals surface area contributed by atoms with E-state index in [4.69, 9.17) is 0 Å². The lowest BCUT2D eigenvalue weighted by Gasteiger charge is -2.11. The minimum Gasteiger partial charge on any atom is -0.376 e. The number of nitrogens with zero attached hydrogens (tertiary/aromatic N) is 6. The maximum absolute atomic E-state index is 12.2. The van der Waals surface area contributed by atoms with Gasteiger partial charge in [0.15, 0.2) is 0 Å². The molecule has 130 valence electrons. The summed E-state index contributed by atoms with van der Waals surface area (Å²) in [5.74, 6) is -0.135. The van der Waals surface area contributed by atoms with Gasteiger partial charge < -0.3 is 10.6 Å². The summed E-state index contributed by atoms with van der Waals surface area (Å²) in [5, 5.41) is 21.5. The summed E-state index contributed by atoms with van der Waals surface area (Å²) in [6, 6.07) is 5.77. The lowest BCUT2D eigenvalue weighted by Crippen LogP contribution is -2.22. The fourth-order valence-corrected chi connectivity index (χ4v) is 2.56. The topological polar surface area (TPSA) is 103 Å². The molecule has 0 fully saturated rings. The minimum atomic E-state index is -0.135. The molecular formula is C16H20N8O. The van der Waals surface area contributed by atoms with E-state index in [0.717, 1.165) is 34.0 Å². The lowest BCUT2D eigenvalue weighted by molar-refractivity contribution is -0.114. The molecule has 2 N–H and O–H groups in total. The molecule has 0 unspecified atom stereocenters. The number of amides is 1. The van der Waals surface area contributed by atoms with Crippen molar-refractivity contribution in [1.82, 2.24) is 30.0 Å². The summed E-state index contributed by atoms with van der Waals surface area (Å²) in [5.41, 5.74) is 5.17. The first kappa shape index (κ1) is 16.6. The van der Waals surface area contributed by atoms with E-state index < -0.39 is 0 Å². The van der Waals surface area contributed by atoms with Crippen LogP contribution in [0.25, 0.3) is 5.69 Å². The number of tetrazole rings is 1. The Hall–Kier alpha value is -3.23. The van der Waals surface area contributed by atoms with Crippen LogP contribution in [0.2, 0.25) is 0 Å². The molecule has 9 nitrogen and oxygen atoms in total. The number of rotatable bonds is 5. The zero-order chi connectivity index (χ0) is 18.0. The smallest absolute Gasteiger partial charge is 0.243 e. The fraction of sp³-hybridized carbons (Fsp3) is 0.312. The number of hydrogen-bond donors (Lipinski definition) is 2. The maximum Gasteiger partial charge on any atom is 0.243 e. The molecule has 0 bridgehead atoms. The third-order valence-corrected chi connectivity index (χ3v) is 4.03. The van der Waals surface area contributed by atoms with Crippen molar-refractivity contribution >= 4 is 17.3 Å². The molecule has 9 heteroatoms. The zero-order valence-corrected chi connectivity index (χ0v) is 14.6. The third kappa shape index (κ3) is 3.49. The van der Waals surface area contributed by atoms with Crippen LogP contribution in [0.5, 0.6) is 0 Å². The first-order valence-corrected chi connectivity index (χ1v) is 7.83. The van der Waals surface area contributed by atoms with E-state index in [9.17, 15) is 4.79 Å². The summed E-state index contributed by atoms with van der Waals surface area (Å²) < 4.78 is 3.33. The van der Waals surface area contributed by atoms with Crippen molar-refractivity contribution in [3.8, 4) is 5.69 Å². The van der Waals surface area contributed by atoms with Gasteiger partial charge in [0, 0.05) is 12.7 Å². The van der Waals surface area contributed by atoms with E-state index in [1.807, 2.05) is 46.0 Å². The largest absolute Gasteiger partial charge is 0.376 e. The van der Waals surface area contributed by atoms with Crippen LogP contribution in [0.15, 0.2) is 24.5 Å². The van der Waals surface area contributed by atoms with Crippen LogP contribution in [0.3, 0.4) is 0 Å². The fourth-order valence-electron chi connectivity index (χ4n) is 2.56. The monoisotopic (exact) mass is 340 g/mol. The van der Waals surface area contributed by atoms with Gasteiger partial charge in [-0.25, -0.2) is 4.68 Å². The number of carbonyl (C=O) groups excluding carboxylic acids is 1. The van der Waals surface area contributed by atoms with Crippen LogP contribution >= 0.6 is 0 Å². The quantitative estimate of drug-likeness (QED) is 0.727. The molecule has 1 amide bonds. The van der Waals surface area contributed by atoms with Gasteiger partial charge in [0.2, 0.25) is 5.91 Å². The highest BCUT2D eigenvalue weighted by molar-refractivity contribution is 5.94. The van der Waals surface area contributed by atoms with Gasteiger partial charge in [0.05, 0.1) is 29.3 Å². The van der Waals surface area contributed by atoms with Gasteiger partial charge in [0.25, 0.3) is 0 Å². The Morgan fingerprint density at radius 2 is 2.04 bits per heavy atom. The number of nitrogens with one attached hydrogen (secondary N) is 2. The molecule has 0 atom stereocenters. The molecular weight excluding hydrogens is 320 g/mol. The Labute approximate surface area is 145 Å². The molecule has 1 aromatic carbocycles. The normalized spacial score (nSPS) is 10.7. The Morgan fingerprint density at radius 3 is 2.68 bits per heavy atom. The number of hydrogen-bond acceptors (Lipinski definition) is 6. The van der Waals surface area contributed by atoms with E-state index in [-0.39, 0.29) is 12.5 Å². The molecule has 3 rings (SSSR count). The average molecular weight is 340 g/mol. The number of anilines is 2. The Bertz CT molecular complexity index is 897. The molecule has 0 aliphatic carbocycles. The second-order valence-corrected chi connectivity index (χ2v) is 5.83. The Balaban J connectivity index is 1.67. The van der Waals surface area contributed by atoms with E-state index in [1.165, 1.54) is 6.33 Å². The van der Waals surface area contributed by atoms with E-state index in [2.05, 4.69) is 31.3 Å². The van der Waals surface area contributed by atoms with Crippen molar-refractivity contribution in [3.05, 3.63) is 41.5 Å². The predicted octanol–water partition coefficient (Wildman–Crippen LogP) is 1.37. The van der Waals surface area contributed by atoms with Crippen LogP contribution in [0.1, 0.15) is 17.0 Å². The maximum atomic E-state index is 12.2. The summed E-state index contributed by atoms with van der Waals surface area (Å²) >= 11 is 0. The number of carbonyl (C=O) groups is 1. The highest BCUT2D eigenvalue weighted by atomic mass is 16.1. The van der Waals surface area contributed by atoms with Crippen molar-refractivity contribution in [3.63, 3.8) is 0 Å². The van der Waals surface area contributed by atoms with Crippen LogP contribution in [0.4, 0.5) is 11.4 Å². The number of aryl methyl sites for hydroxylation is 3. The second kappa shape index (κ2) is 6.71. The molecule has 0 spiro atoms. The van der Waals surface area contributed by atoms with Gasteiger partial charge in [-0.05, 0) is 48.9 Å². The van der Waals surface area contributed by atoms with Crippen molar-refractivity contribution in [1.29, 1.82) is 0 Å². The van der Waals surface area contributed by atoms with Gasteiger partial charge in [-0.3, -0.25) is 9.48 Å². The average Bonchev–Trinajstić information content (AvgIpc) is 3.19. The van der Waals surface area contributed by atoms with Gasteiger partial charge >= 0.3 is 0 Å². The Morgan fingerprint density at radius 1 is 1.24 bits per heavy atom. The Kier molecular flexibility index (Phi) is 4.46. The van der Waals surface area contributed by atoms with E-state index in [0.29, 0.717) is 0 Å². The molecule has 25 heavy (non-hydrogen) atoms. The first-order chi connectivity index (χ1) is 12.0. The first-order valence-electron chi connectivity index (χ1n) is 7.83. The van der Waals surface area contributed by atoms with Crippen molar-refractivity contribution in [2.24, 2.45) is 7.05 Å². The standard InChI is InChI=1S/C16H20N8O/c1-10-5-6-13(7-14(10)24-9-18-21-22-24)17-8-15(25)19-16-11(2)20-23(4)12(16)3/h5-7,9,17H,8H2,1-4H3,(H,19,25). The summed E-state index contributed by atoms with van der Waals surface area (Å²) in [6.45, 7) is 5.91. The molecule has 2 aromatic heterocycles. The zero-order valence-electron chi connectivity index (χ0n) is 14.6. The van der Waals surface area contributed by atoms with Crippen LogP contribution in [-0.4, -0.2) is 42.4 Å². The van der Waals surface area contributed by atoms with Crippen LogP contribution < -0.4 is 10.6 Å². The van der Waals surface area contributed by atoms with Gasteiger partial charge in [-0.2, -0.15) is 5.10 Å². The second-order valence-electron chi connectivity index (χ2n) is 5.83. The predicted molar refractivity (Wildman–Crippen MR) is 93.7 cm³/mol.